The summed E-state index contributed by atoms with van der Waals surface area (Å²) in [4.78, 5) is 18.4. The number of pyridine rings is 1. The van der Waals surface area contributed by atoms with Crippen molar-refractivity contribution in [2.75, 3.05) is 18.4 Å². The van der Waals surface area contributed by atoms with Gasteiger partial charge in [0.25, 0.3) is 5.91 Å². The summed E-state index contributed by atoms with van der Waals surface area (Å²) in [6, 6.07) is 4.36. The minimum absolute atomic E-state index is 0.0142. The smallest absolute Gasteiger partial charge is 0.272 e. The van der Waals surface area contributed by atoms with Gasteiger partial charge in [-0.05, 0) is 44.7 Å². The van der Waals surface area contributed by atoms with Gasteiger partial charge in [0.05, 0.1) is 0 Å². The number of hydrogen-bond acceptors (Lipinski definition) is 3. The average molecular weight is 289 g/mol. The van der Waals surface area contributed by atoms with E-state index in [1.165, 1.54) is 25.7 Å². The second-order valence-electron chi connectivity index (χ2n) is 5.92. The van der Waals surface area contributed by atoms with E-state index in [0.717, 1.165) is 5.69 Å². The first-order valence-electron chi connectivity index (χ1n) is 8.17. The van der Waals surface area contributed by atoms with Crippen LogP contribution in [-0.4, -0.2) is 34.9 Å². The summed E-state index contributed by atoms with van der Waals surface area (Å²) >= 11 is 0. The van der Waals surface area contributed by atoms with Crippen LogP contribution in [0.4, 0.5) is 5.69 Å². The second-order valence-corrected chi connectivity index (χ2v) is 5.92. The normalized spacial score (nSPS) is 21.9. The molecule has 1 aromatic heterocycles. The highest BCUT2D eigenvalue weighted by Gasteiger charge is 2.21. The Kier molecular flexibility index (Phi) is 5.59. The van der Waals surface area contributed by atoms with Crippen LogP contribution in [0.3, 0.4) is 0 Å². The fraction of sp³-hybridized carbons (Fsp3) is 0.647. The van der Waals surface area contributed by atoms with Crippen molar-refractivity contribution < 1.29 is 4.79 Å². The van der Waals surface area contributed by atoms with E-state index in [1.54, 1.807) is 11.1 Å². The molecule has 1 aliphatic rings. The van der Waals surface area contributed by atoms with Gasteiger partial charge in [0, 0.05) is 31.0 Å². The van der Waals surface area contributed by atoms with Crippen molar-refractivity contribution >= 4 is 11.6 Å². The minimum atomic E-state index is 0.0142. The summed E-state index contributed by atoms with van der Waals surface area (Å²) in [5, 5.41) is 3.59. The van der Waals surface area contributed by atoms with Crippen LogP contribution >= 0.6 is 0 Å². The van der Waals surface area contributed by atoms with E-state index in [1.807, 2.05) is 26.0 Å². The molecule has 0 bridgehead atoms. The van der Waals surface area contributed by atoms with Gasteiger partial charge in [0.1, 0.15) is 5.69 Å². The summed E-state index contributed by atoms with van der Waals surface area (Å²) in [5.41, 5.74) is 1.55. The Morgan fingerprint density at radius 3 is 2.71 bits per heavy atom. The molecule has 116 valence electrons. The van der Waals surface area contributed by atoms with E-state index < -0.39 is 0 Å². The Labute approximate surface area is 127 Å². The largest absolute Gasteiger partial charge is 0.382 e. The standard InChI is InChI=1S/C17H27N3O/c1-4-20(5-2)17(21)16-12-14(10-11-18-16)19-15-9-7-6-8-13(15)3/h10-13,15H,4-9H2,1-3H3,(H,18,19). The highest BCUT2D eigenvalue weighted by molar-refractivity contribution is 5.93. The third-order valence-corrected chi connectivity index (χ3v) is 4.49. The topological polar surface area (TPSA) is 45.2 Å². The van der Waals surface area contributed by atoms with Crippen LogP contribution in [-0.2, 0) is 0 Å². The quantitative estimate of drug-likeness (QED) is 0.901. The number of carbonyl (C=O) groups excluding carboxylic acids is 1. The van der Waals surface area contributed by atoms with Gasteiger partial charge in [-0.1, -0.05) is 19.8 Å². The highest BCUT2D eigenvalue weighted by atomic mass is 16.2. The SMILES string of the molecule is CCN(CC)C(=O)c1cc(NC2CCCCC2C)ccn1. The molecular weight excluding hydrogens is 262 g/mol. The minimum Gasteiger partial charge on any atom is -0.382 e. The van der Waals surface area contributed by atoms with Crippen LogP contribution in [0, 0.1) is 5.92 Å². The zero-order chi connectivity index (χ0) is 15.2. The predicted molar refractivity (Wildman–Crippen MR) is 86.5 cm³/mol. The van der Waals surface area contributed by atoms with Crippen LogP contribution in [0.15, 0.2) is 18.3 Å². The first-order valence-corrected chi connectivity index (χ1v) is 8.17. The number of aromatic nitrogens is 1. The number of anilines is 1. The summed E-state index contributed by atoms with van der Waals surface area (Å²) < 4.78 is 0. The van der Waals surface area contributed by atoms with Crippen molar-refractivity contribution in [2.24, 2.45) is 5.92 Å². The van der Waals surface area contributed by atoms with E-state index in [4.69, 9.17) is 0 Å². The van der Waals surface area contributed by atoms with Crippen LogP contribution in [0.2, 0.25) is 0 Å². The Morgan fingerprint density at radius 2 is 2.05 bits per heavy atom. The highest BCUT2D eigenvalue weighted by Crippen LogP contribution is 2.26. The maximum absolute atomic E-state index is 12.4. The maximum Gasteiger partial charge on any atom is 0.272 e. The van der Waals surface area contributed by atoms with Gasteiger partial charge in [-0.2, -0.15) is 0 Å². The van der Waals surface area contributed by atoms with Crippen LogP contribution in [0.25, 0.3) is 0 Å². The molecule has 1 saturated carbocycles. The zero-order valence-corrected chi connectivity index (χ0v) is 13.4. The molecule has 4 nitrogen and oxygen atoms in total. The molecule has 2 unspecified atom stereocenters. The molecule has 1 aliphatic carbocycles. The van der Waals surface area contributed by atoms with E-state index in [2.05, 4.69) is 17.2 Å². The van der Waals surface area contributed by atoms with Crippen molar-refractivity contribution in [3.05, 3.63) is 24.0 Å². The average Bonchev–Trinajstić information content (AvgIpc) is 2.51. The van der Waals surface area contributed by atoms with Crippen molar-refractivity contribution in [1.29, 1.82) is 0 Å². The van der Waals surface area contributed by atoms with Gasteiger partial charge >= 0.3 is 0 Å². The van der Waals surface area contributed by atoms with Gasteiger partial charge in [-0.25, -0.2) is 0 Å². The van der Waals surface area contributed by atoms with E-state index in [0.29, 0.717) is 30.7 Å². The molecule has 0 aliphatic heterocycles. The molecule has 1 N–H and O–H groups in total. The van der Waals surface area contributed by atoms with Crippen LogP contribution < -0.4 is 5.32 Å². The van der Waals surface area contributed by atoms with Gasteiger partial charge in [-0.15, -0.1) is 0 Å². The molecule has 0 saturated heterocycles. The monoisotopic (exact) mass is 289 g/mol. The van der Waals surface area contributed by atoms with Gasteiger partial charge < -0.3 is 10.2 Å². The summed E-state index contributed by atoms with van der Waals surface area (Å²) in [7, 11) is 0. The number of nitrogens with one attached hydrogen (secondary N) is 1. The molecule has 0 aromatic carbocycles. The third-order valence-electron chi connectivity index (χ3n) is 4.49. The zero-order valence-electron chi connectivity index (χ0n) is 13.4. The lowest BCUT2D eigenvalue weighted by Crippen LogP contribution is -2.32. The lowest BCUT2D eigenvalue weighted by atomic mass is 9.86. The number of amides is 1. The summed E-state index contributed by atoms with van der Waals surface area (Å²) in [6.45, 7) is 7.73. The predicted octanol–water partition coefficient (Wildman–Crippen LogP) is 3.55. The van der Waals surface area contributed by atoms with Crippen molar-refractivity contribution in [3.63, 3.8) is 0 Å². The Hall–Kier alpha value is -1.58. The van der Waals surface area contributed by atoms with Crippen LogP contribution in [0.5, 0.6) is 0 Å². The first-order chi connectivity index (χ1) is 10.2. The molecule has 2 atom stereocenters. The molecule has 1 fully saturated rings. The molecule has 0 radical (unpaired) electrons. The Bertz CT molecular complexity index is 471. The fourth-order valence-electron chi connectivity index (χ4n) is 3.05. The second kappa shape index (κ2) is 7.43. The van der Waals surface area contributed by atoms with Crippen molar-refractivity contribution in [1.82, 2.24) is 9.88 Å². The molecule has 1 aromatic rings. The fourth-order valence-corrected chi connectivity index (χ4v) is 3.05. The molecule has 4 heteroatoms. The van der Waals surface area contributed by atoms with Gasteiger partial charge in [-0.3, -0.25) is 9.78 Å². The number of hydrogen-bond donors (Lipinski definition) is 1. The first kappa shape index (κ1) is 15.8. The summed E-state index contributed by atoms with van der Waals surface area (Å²) in [6.07, 6.45) is 6.85. The Balaban J connectivity index is 2.08. The molecule has 21 heavy (non-hydrogen) atoms. The van der Waals surface area contributed by atoms with Crippen LogP contribution in [0.1, 0.15) is 56.9 Å². The number of carbonyl (C=O) groups is 1. The van der Waals surface area contributed by atoms with Crippen molar-refractivity contribution in [3.8, 4) is 0 Å². The lowest BCUT2D eigenvalue weighted by Gasteiger charge is -2.30. The van der Waals surface area contributed by atoms with E-state index >= 15 is 0 Å². The third kappa shape index (κ3) is 3.96. The van der Waals surface area contributed by atoms with E-state index in [9.17, 15) is 4.79 Å². The number of rotatable bonds is 5. The summed E-state index contributed by atoms with van der Waals surface area (Å²) in [5.74, 6) is 0.703. The van der Waals surface area contributed by atoms with Crippen molar-refractivity contribution in [2.45, 2.75) is 52.5 Å². The molecule has 1 amide bonds. The molecule has 0 spiro atoms. The Morgan fingerprint density at radius 1 is 1.33 bits per heavy atom. The van der Waals surface area contributed by atoms with E-state index in [-0.39, 0.29) is 5.91 Å². The van der Waals surface area contributed by atoms with Gasteiger partial charge in [0.15, 0.2) is 0 Å². The lowest BCUT2D eigenvalue weighted by molar-refractivity contribution is 0.0767. The molecule has 1 heterocycles. The number of nitrogens with zero attached hydrogens (tertiary/aromatic N) is 2. The van der Waals surface area contributed by atoms with Gasteiger partial charge in [0.2, 0.25) is 0 Å². The molecular formula is C17H27N3O. The maximum atomic E-state index is 12.4. The molecule has 2 rings (SSSR count).